The summed E-state index contributed by atoms with van der Waals surface area (Å²) in [6, 6.07) is 0. The molecule has 0 aromatic carbocycles. The molecule has 0 saturated carbocycles. The molecule has 0 aromatic rings. The van der Waals surface area contributed by atoms with Gasteiger partial charge < -0.3 is 5.11 Å². The zero-order valence-electron chi connectivity index (χ0n) is 19.2. The summed E-state index contributed by atoms with van der Waals surface area (Å²) in [6.07, 6.45) is 8.62. The molecule has 0 aliphatic rings. The fourth-order valence-electron chi connectivity index (χ4n) is 1.13. The fourth-order valence-corrected chi connectivity index (χ4v) is 1.13. The number of rotatable bonds is 0. The highest BCUT2D eigenvalue weighted by Gasteiger charge is 1.86. The molecule has 0 aromatic heterocycles. The number of hydrogen-bond donors (Lipinski definition) is 1. The largest absolute Gasteiger partial charge is 0.369 e. The lowest BCUT2D eigenvalue weighted by Crippen LogP contribution is -1.96. The first-order valence-corrected chi connectivity index (χ1v) is 9.41. The first kappa shape index (κ1) is 30.0. The van der Waals surface area contributed by atoms with E-state index in [0.29, 0.717) is 0 Å². The highest BCUT2D eigenvalue weighted by atomic mass is 16.3. The third-order valence-corrected chi connectivity index (χ3v) is 2.31. The van der Waals surface area contributed by atoms with Gasteiger partial charge in [-0.25, -0.2) is 0 Å². The van der Waals surface area contributed by atoms with Crippen LogP contribution in [0.5, 0.6) is 0 Å². The lowest BCUT2D eigenvalue weighted by Gasteiger charge is -1.83. The quantitative estimate of drug-likeness (QED) is 0.487. The van der Waals surface area contributed by atoms with E-state index in [1.807, 2.05) is 0 Å². The molecule has 158 valence electrons. The van der Waals surface area contributed by atoms with Crippen LogP contribution in [-0.2, 0) is 0 Å². The van der Waals surface area contributed by atoms with E-state index in [2.05, 4.69) is 201 Å². The molecule has 0 aliphatic carbocycles. The lowest BCUT2D eigenvalue weighted by atomic mass is 10.3. The van der Waals surface area contributed by atoms with Gasteiger partial charge in [0.15, 0.2) is 6.10 Å². The first-order valence-electron chi connectivity index (χ1n) is 9.41. The second-order valence-corrected chi connectivity index (χ2v) is 4.73. The maximum atomic E-state index is 9.58. The van der Waals surface area contributed by atoms with Gasteiger partial charge in [0.25, 0.3) is 0 Å². The van der Waals surface area contributed by atoms with Crippen molar-refractivity contribution in [1.29, 1.82) is 0 Å². The highest BCUT2D eigenvalue weighted by Crippen LogP contribution is 1.73. The van der Waals surface area contributed by atoms with Gasteiger partial charge in [-0.3, -0.25) is 0 Å². The molecule has 0 atom stereocenters. The Morgan fingerprint density at radius 3 is 0.605 bits per heavy atom. The summed E-state index contributed by atoms with van der Waals surface area (Å²) in [7, 11) is 0. The minimum absolute atomic E-state index is 1.23. The monoisotopic (exact) mass is 464 g/mol. The Labute approximate surface area is 225 Å². The number of terminal acetylenes is 2. The molecule has 1 nitrogen and oxygen atoms in total. The van der Waals surface area contributed by atoms with Crippen LogP contribution in [0, 0.1) is 214 Å². The van der Waals surface area contributed by atoms with Crippen LogP contribution in [0.3, 0.4) is 0 Å². The molecule has 0 rings (SSSR count). The Morgan fingerprint density at radius 1 is 0.263 bits per heavy atom. The minimum Gasteiger partial charge on any atom is -0.369 e. The SMILES string of the molecule is C#CC#CC#CC#CC#CC#CC#CC#CC#CC(O)C#CC#CC#CC#CC#CC#CC#CC#CC#C. The predicted octanol–water partition coefficient (Wildman–Crippen LogP) is -0.332. The molecule has 0 unspecified atom stereocenters. The van der Waals surface area contributed by atoms with Crippen molar-refractivity contribution in [2.24, 2.45) is 0 Å². The molecule has 0 bridgehead atoms. The third kappa shape index (κ3) is 26.1. The molecular weight excluding hydrogens is 460 g/mol. The normalized spacial score (nSPS) is 4.42. The second kappa shape index (κ2) is 27.1. The lowest BCUT2D eigenvalue weighted by molar-refractivity contribution is 0.290. The molecule has 0 aliphatic heterocycles. The number of aliphatic hydroxyl groups excluding tert-OH is 1. The Balaban J connectivity index is 4.59. The molecule has 0 spiro atoms. The maximum Gasteiger partial charge on any atom is 0.178 e. The van der Waals surface area contributed by atoms with Crippen LogP contribution in [0.1, 0.15) is 0 Å². The van der Waals surface area contributed by atoms with Crippen LogP contribution < -0.4 is 0 Å². The molecule has 0 heterocycles. The summed E-state index contributed by atoms with van der Waals surface area (Å²) < 4.78 is 0. The van der Waals surface area contributed by atoms with Gasteiger partial charge in [0.05, 0.1) is 0 Å². The Bertz CT molecular complexity index is 1930. The van der Waals surface area contributed by atoms with Gasteiger partial charge in [0, 0.05) is 0 Å². The summed E-state index contributed by atoms with van der Waals surface area (Å²) in [5.41, 5.74) is 0. The van der Waals surface area contributed by atoms with Crippen molar-refractivity contribution < 1.29 is 5.11 Å². The average molecular weight is 464 g/mol. The molecule has 0 radical (unpaired) electrons. The van der Waals surface area contributed by atoms with E-state index in [1.54, 1.807) is 0 Å². The zero-order chi connectivity index (χ0) is 27.6. The third-order valence-electron chi connectivity index (χ3n) is 2.31. The van der Waals surface area contributed by atoms with Crippen molar-refractivity contribution in [1.82, 2.24) is 0 Å². The molecule has 1 heteroatoms. The van der Waals surface area contributed by atoms with Crippen LogP contribution >= 0.6 is 0 Å². The van der Waals surface area contributed by atoms with Crippen molar-refractivity contribution in [3.8, 4) is 214 Å². The fraction of sp³-hybridized carbons (Fsp3) is 0.0270. The van der Waals surface area contributed by atoms with Crippen LogP contribution in [0.15, 0.2) is 0 Å². The summed E-state index contributed by atoms with van der Waals surface area (Å²) in [6.45, 7) is 0. The molecular formula is C37H4O. The van der Waals surface area contributed by atoms with Crippen molar-refractivity contribution in [2.45, 2.75) is 6.10 Å². The van der Waals surface area contributed by atoms with E-state index in [9.17, 15) is 5.11 Å². The van der Waals surface area contributed by atoms with Gasteiger partial charge in [-0.05, 0) is 201 Å². The summed E-state index contributed by atoms with van der Waals surface area (Å²) in [5, 5.41) is 9.58. The van der Waals surface area contributed by atoms with E-state index in [1.165, 1.54) is 0 Å². The van der Waals surface area contributed by atoms with E-state index >= 15 is 0 Å². The van der Waals surface area contributed by atoms with E-state index in [0.717, 1.165) is 0 Å². The van der Waals surface area contributed by atoms with Gasteiger partial charge in [-0.15, -0.1) is 12.8 Å². The van der Waals surface area contributed by atoms with Crippen LogP contribution in [-0.4, -0.2) is 11.2 Å². The van der Waals surface area contributed by atoms with Crippen LogP contribution in [0.2, 0.25) is 0 Å². The summed E-state index contributed by atoms with van der Waals surface area (Å²) in [4.78, 5) is 0. The highest BCUT2D eigenvalue weighted by molar-refractivity contribution is 5.48. The van der Waals surface area contributed by atoms with Crippen LogP contribution in [0.25, 0.3) is 0 Å². The minimum atomic E-state index is -1.23. The van der Waals surface area contributed by atoms with Crippen molar-refractivity contribution in [3.05, 3.63) is 0 Å². The Hall–Kier alpha value is -7.96. The topological polar surface area (TPSA) is 20.2 Å². The van der Waals surface area contributed by atoms with Gasteiger partial charge >= 0.3 is 0 Å². The van der Waals surface area contributed by atoms with Crippen LogP contribution in [0.4, 0.5) is 0 Å². The summed E-state index contributed by atoms with van der Waals surface area (Å²) in [5.74, 6) is 82.1. The van der Waals surface area contributed by atoms with Crippen molar-refractivity contribution >= 4 is 0 Å². The van der Waals surface area contributed by atoms with Gasteiger partial charge in [0.2, 0.25) is 0 Å². The Kier molecular flexibility index (Phi) is 21.4. The van der Waals surface area contributed by atoms with E-state index in [4.69, 9.17) is 12.8 Å². The second-order valence-electron chi connectivity index (χ2n) is 4.73. The molecule has 1 N–H and O–H groups in total. The number of hydrogen-bond acceptors (Lipinski definition) is 1. The first-order chi connectivity index (χ1) is 18.8. The standard InChI is InChI=1S/C37H4O/c1-3-5-7-9-11-13-15-17-19-21-23-25-27-29-31-33-35-37(38)36-34-32-30-28-26-24-22-20-18-16-14-12-10-8-6-4-2/h1-2,37-38H. The van der Waals surface area contributed by atoms with Gasteiger partial charge in [-0.1, -0.05) is 0 Å². The molecule has 0 saturated heterocycles. The predicted molar refractivity (Wildman–Crippen MR) is 148 cm³/mol. The number of aliphatic hydroxyl groups is 1. The maximum absolute atomic E-state index is 9.58. The molecule has 38 heavy (non-hydrogen) atoms. The summed E-state index contributed by atoms with van der Waals surface area (Å²) >= 11 is 0. The van der Waals surface area contributed by atoms with E-state index < -0.39 is 6.10 Å². The Morgan fingerprint density at radius 2 is 0.421 bits per heavy atom. The smallest absolute Gasteiger partial charge is 0.178 e. The molecule has 0 amide bonds. The van der Waals surface area contributed by atoms with Crippen molar-refractivity contribution in [3.63, 3.8) is 0 Å². The van der Waals surface area contributed by atoms with Gasteiger partial charge in [-0.2, -0.15) is 0 Å². The van der Waals surface area contributed by atoms with Crippen molar-refractivity contribution in [2.75, 3.05) is 0 Å². The van der Waals surface area contributed by atoms with E-state index in [-0.39, 0.29) is 0 Å². The average Bonchev–Trinajstić information content (AvgIpc) is 2.92. The zero-order valence-corrected chi connectivity index (χ0v) is 19.2. The molecule has 0 fully saturated rings. The van der Waals surface area contributed by atoms with Gasteiger partial charge in [0.1, 0.15) is 0 Å².